The summed E-state index contributed by atoms with van der Waals surface area (Å²) in [5.41, 5.74) is 0. The number of rotatable bonds is 9. The number of hydrogen-bond acceptors (Lipinski definition) is 4. The Labute approximate surface area is 105 Å². The minimum Gasteiger partial charge on any atom is -0.466 e. The van der Waals surface area contributed by atoms with E-state index >= 15 is 0 Å². The Bertz CT molecular complexity index is 234. The molecule has 1 atom stereocenters. The molecule has 2 N–H and O–H groups in total. The minimum atomic E-state index is -4.11. The number of unbranched alkanes of at least 4 members (excludes halogenated alkanes) is 1. The number of aliphatic hydroxyl groups excluding tert-OH is 1. The second-order valence-electron chi connectivity index (χ2n) is 3.94. The molecule has 0 aliphatic carbocycles. The summed E-state index contributed by atoms with van der Waals surface area (Å²) in [6.07, 6.45) is -5.44. The molecule has 0 bridgehead atoms. The summed E-state index contributed by atoms with van der Waals surface area (Å²) in [6, 6.07) is 0. The summed E-state index contributed by atoms with van der Waals surface area (Å²) in [6.45, 7) is 2.49. The Morgan fingerprint density at radius 2 is 2.06 bits per heavy atom. The van der Waals surface area contributed by atoms with Gasteiger partial charge in [0.1, 0.15) is 0 Å². The highest BCUT2D eigenvalue weighted by molar-refractivity contribution is 5.69. The SMILES string of the molecule is CCOC(=O)CC(O)CNCCCCC(F)(F)F. The molecule has 0 amide bonds. The maximum Gasteiger partial charge on any atom is 0.389 e. The molecule has 0 aliphatic rings. The zero-order chi connectivity index (χ0) is 14.0. The van der Waals surface area contributed by atoms with Gasteiger partial charge in [0, 0.05) is 13.0 Å². The molecule has 108 valence electrons. The van der Waals surface area contributed by atoms with Crippen molar-refractivity contribution in [2.45, 2.75) is 44.9 Å². The lowest BCUT2D eigenvalue weighted by molar-refractivity contribution is -0.145. The van der Waals surface area contributed by atoms with Crippen LogP contribution < -0.4 is 5.32 Å². The van der Waals surface area contributed by atoms with Crippen LogP contribution in [-0.2, 0) is 9.53 Å². The van der Waals surface area contributed by atoms with E-state index in [1.54, 1.807) is 6.92 Å². The van der Waals surface area contributed by atoms with Gasteiger partial charge >= 0.3 is 12.1 Å². The molecule has 4 nitrogen and oxygen atoms in total. The summed E-state index contributed by atoms with van der Waals surface area (Å²) in [5.74, 6) is -0.483. The zero-order valence-electron chi connectivity index (χ0n) is 10.4. The molecule has 0 fully saturated rings. The van der Waals surface area contributed by atoms with E-state index in [0.717, 1.165) is 0 Å². The third kappa shape index (κ3) is 11.7. The molecule has 0 heterocycles. The van der Waals surface area contributed by atoms with Crippen LogP contribution in [0.3, 0.4) is 0 Å². The second-order valence-corrected chi connectivity index (χ2v) is 3.94. The topological polar surface area (TPSA) is 58.6 Å². The first-order valence-electron chi connectivity index (χ1n) is 5.96. The molecule has 0 radical (unpaired) electrons. The fraction of sp³-hybridized carbons (Fsp3) is 0.909. The van der Waals surface area contributed by atoms with E-state index in [0.29, 0.717) is 13.0 Å². The van der Waals surface area contributed by atoms with Crippen molar-refractivity contribution in [3.8, 4) is 0 Å². The van der Waals surface area contributed by atoms with Crippen molar-refractivity contribution in [3.63, 3.8) is 0 Å². The quantitative estimate of drug-likeness (QED) is 0.494. The molecule has 0 aromatic rings. The lowest BCUT2D eigenvalue weighted by Crippen LogP contribution is -2.30. The Kier molecular flexibility index (Phi) is 8.74. The summed E-state index contributed by atoms with van der Waals surface area (Å²) >= 11 is 0. The van der Waals surface area contributed by atoms with Crippen molar-refractivity contribution < 1.29 is 27.8 Å². The summed E-state index contributed by atoms with van der Waals surface area (Å²) in [4.78, 5) is 11.0. The van der Waals surface area contributed by atoms with E-state index in [4.69, 9.17) is 0 Å². The first-order valence-corrected chi connectivity index (χ1v) is 5.96. The minimum absolute atomic E-state index is 0.0600. The number of carbonyl (C=O) groups is 1. The molecule has 7 heteroatoms. The van der Waals surface area contributed by atoms with E-state index in [1.807, 2.05) is 0 Å². The Morgan fingerprint density at radius 1 is 1.39 bits per heavy atom. The number of ether oxygens (including phenoxy) is 1. The number of hydrogen-bond donors (Lipinski definition) is 2. The number of carbonyl (C=O) groups excluding carboxylic acids is 1. The van der Waals surface area contributed by atoms with Gasteiger partial charge in [0.15, 0.2) is 0 Å². The van der Waals surface area contributed by atoms with E-state index in [-0.39, 0.29) is 26.0 Å². The number of halogens is 3. The molecule has 0 saturated carbocycles. The van der Waals surface area contributed by atoms with Gasteiger partial charge in [-0.15, -0.1) is 0 Å². The first-order chi connectivity index (χ1) is 8.35. The van der Waals surface area contributed by atoms with E-state index in [9.17, 15) is 23.1 Å². The molecule has 0 aliphatic heterocycles. The number of esters is 1. The molecule has 0 spiro atoms. The largest absolute Gasteiger partial charge is 0.466 e. The van der Waals surface area contributed by atoms with Crippen LogP contribution in [0.1, 0.15) is 32.6 Å². The highest BCUT2D eigenvalue weighted by Crippen LogP contribution is 2.21. The van der Waals surface area contributed by atoms with E-state index in [2.05, 4.69) is 10.1 Å². The molecule has 18 heavy (non-hydrogen) atoms. The molecule has 0 aromatic heterocycles. The van der Waals surface area contributed by atoms with Crippen molar-refractivity contribution in [2.24, 2.45) is 0 Å². The van der Waals surface area contributed by atoms with Crippen molar-refractivity contribution >= 4 is 5.97 Å². The average Bonchev–Trinajstić information content (AvgIpc) is 2.21. The van der Waals surface area contributed by atoms with Crippen molar-refractivity contribution in [2.75, 3.05) is 19.7 Å². The molecular formula is C11H20F3NO3. The summed E-state index contributed by atoms with van der Waals surface area (Å²) in [5, 5.41) is 12.2. The normalized spacial score (nSPS) is 13.4. The van der Waals surface area contributed by atoms with Crippen LogP contribution in [0.15, 0.2) is 0 Å². The smallest absolute Gasteiger partial charge is 0.389 e. The van der Waals surface area contributed by atoms with E-state index < -0.39 is 24.7 Å². The third-order valence-corrected chi connectivity index (χ3v) is 2.15. The van der Waals surface area contributed by atoms with Crippen LogP contribution in [0.4, 0.5) is 13.2 Å². The maximum absolute atomic E-state index is 11.8. The van der Waals surface area contributed by atoms with Crippen LogP contribution in [-0.4, -0.2) is 43.1 Å². The predicted molar refractivity (Wildman–Crippen MR) is 60.0 cm³/mol. The third-order valence-electron chi connectivity index (χ3n) is 2.15. The average molecular weight is 271 g/mol. The number of alkyl halides is 3. The Balaban J connectivity index is 3.40. The summed E-state index contributed by atoms with van der Waals surface area (Å²) in [7, 11) is 0. The van der Waals surface area contributed by atoms with Crippen molar-refractivity contribution in [3.05, 3.63) is 0 Å². The fourth-order valence-corrected chi connectivity index (χ4v) is 1.33. The predicted octanol–water partition coefficient (Wildman–Crippen LogP) is 1.62. The van der Waals surface area contributed by atoms with Gasteiger partial charge in [0.05, 0.1) is 19.1 Å². The van der Waals surface area contributed by atoms with Gasteiger partial charge < -0.3 is 15.2 Å². The standard InChI is InChI=1S/C11H20F3NO3/c1-2-18-10(17)7-9(16)8-15-6-4-3-5-11(12,13)14/h9,15-16H,2-8H2,1H3. The van der Waals surface area contributed by atoms with Gasteiger partial charge in [-0.3, -0.25) is 4.79 Å². The van der Waals surface area contributed by atoms with Gasteiger partial charge in [-0.25, -0.2) is 0 Å². The first kappa shape index (κ1) is 17.2. The lowest BCUT2D eigenvalue weighted by atomic mass is 10.2. The van der Waals surface area contributed by atoms with Crippen LogP contribution in [0, 0.1) is 0 Å². The summed E-state index contributed by atoms with van der Waals surface area (Å²) < 4.78 is 40.0. The van der Waals surface area contributed by atoms with Gasteiger partial charge in [0.2, 0.25) is 0 Å². The van der Waals surface area contributed by atoms with E-state index in [1.165, 1.54) is 0 Å². The highest BCUT2D eigenvalue weighted by Gasteiger charge is 2.25. The lowest BCUT2D eigenvalue weighted by Gasteiger charge is -2.11. The van der Waals surface area contributed by atoms with Crippen LogP contribution >= 0.6 is 0 Å². The molecule has 0 rings (SSSR count). The number of aliphatic hydroxyl groups is 1. The maximum atomic E-state index is 11.8. The molecule has 1 unspecified atom stereocenters. The van der Waals surface area contributed by atoms with Gasteiger partial charge in [-0.05, 0) is 26.3 Å². The Morgan fingerprint density at radius 3 is 2.61 bits per heavy atom. The van der Waals surface area contributed by atoms with Crippen molar-refractivity contribution in [1.82, 2.24) is 5.32 Å². The monoisotopic (exact) mass is 271 g/mol. The van der Waals surface area contributed by atoms with Gasteiger partial charge in [0.25, 0.3) is 0 Å². The number of nitrogens with one attached hydrogen (secondary N) is 1. The van der Waals surface area contributed by atoms with Crippen molar-refractivity contribution in [1.29, 1.82) is 0 Å². The molecule has 0 saturated heterocycles. The Hall–Kier alpha value is -0.820. The fourth-order valence-electron chi connectivity index (χ4n) is 1.33. The second kappa shape index (κ2) is 9.16. The van der Waals surface area contributed by atoms with Crippen LogP contribution in [0.2, 0.25) is 0 Å². The van der Waals surface area contributed by atoms with Gasteiger partial charge in [-0.1, -0.05) is 0 Å². The van der Waals surface area contributed by atoms with Gasteiger partial charge in [-0.2, -0.15) is 13.2 Å². The van der Waals surface area contributed by atoms with Crippen LogP contribution in [0.5, 0.6) is 0 Å². The zero-order valence-corrected chi connectivity index (χ0v) is 10.4. The molecule has 0 aromatic carbocycles. The molecular weight excluding hydrogens is 251 g/mol. The highest BCUT2D eigenvalue weighted by atomic mass is 19.4. The van der Waals surface area contributed by atoms with Crippen LogP contribution in [0.25, 0.3) is 0 Å².